The predicted octanol–water partition coefficient (Wildman–Crippen LogP) is 9.01. The van der Waals surface area contributed by atoms with Crippen molar-refractivity contribution in [1.29, 1.82) is 0 Å². The number of nitrogens with two attached hydrogens (primary N) is 1. The maximum absolute atomic E-state index is 12.8. The molecule has 0 saturated heterocycles. The van der Waals surface area contributed by atoms with Crippen LogP contribution in [0, 0.1) is 0 Å². The molecule has 0 heterocycles. The van der Waals surface area contributed by atoms with Gasteiger partial charge in [-0.3, -0.25) is 4.79 Å². The summed E-state index contributed by atoms with van der Waals surface area (Å²) in [5.41, 5.74) is 6.09. The van der Waals surface area contributed by atoms with Gasteiger partial charge in [0, 0.05) is 0 Å². The zero-order valence-electron chi connectivity index (χ0n) is 23.2. The van der Waals surface area contributed by atoms with Crippen molar-refractivity contribution in [3.63, 3.8) is 0 Å². The van der Waals surface area contributed by atoms with E-state index in [1.807, 2.05) is 12.1 Å². The molecule has 2 aromatic rings. The van der Waals surface area contributed by atoms with Gasteiger partial charge in [0.05, 0.1) is 5.16 Å². The van der Waals surface area contributed by atoms with Gasteiger partial charge in [-0.05, 0) is 31.9 Å². The van der Waals surface area contributed by atoms with Crippen LogP contribution in [0.15, 0.2) is 60.7 Å². The van der Waals surface area contributed by atoms with Crippen LogP contribution in [0.25, 0.3) is 0 Å². The first kappa shape index (κ1) is 30.6. The second kappa shape index (κ2) is 18.6. The lowest BCUT2D eigenvalue weighted by molar-refractivity contribution is -0.120. The van der Waals surface area contributed by atoms with Crippen LogP contribution in [0.3, 0.4) is 0 Å². The Balaban J connectivity index is 1.67. The number of unbranched alkanes of at least 4 members (excludes halogenated alkanes) is 15. The molecule has 1 amide bonds. The smallest absolute Gasteiger partial charge is 0.228 e. The Hall–Kier alpha value is -1.66. The molecule has 0 fully saturated rings. The van der Waals surface area contributed by atoms with Gasteiger partial charge in [0.25, 0.3) is 0 Å². The minimum Gasteiger partial charge on any atom is -0.369 e. The third-order valence-corrected chi connectivity index (χ3v) is 10.6. The molecule has 2 nitrogen and oxygen atoms in total. The molecule has 0 bridgehead atoms. The van der Waals surface area contributed by atoms with E-state index in [9.17, 15) is 4.79 Å². The van der Waals surface area contributed by atoms with E-state index in [2.05, 4.69) is 62.4 Å². The largest absolute Gasteiger partial charge is 0.369 e. The van der Waals surface area contributed by atoms with Crippen LogP contribution in [0.4, 0.5) is 0 Å². The third-order valence-electron chi connectivity index (χ3n) is 7.57. The average molecular weight is 510 g/mol. The molecule has 2 aromatic carbocycles. The van der Waals surface area contributed by atoms with Gasteiger partial charge in [-0.15, -0.1) is 0 Å². The maximum Gasteiger partial charge on any atom is 0.228 e. The Morgan fingerprint density at radius 2 is 0.944 bits per heavy atom. The minimum absolute atomic E-state index is 0.165. The molecule has 36 heavy (non-hydrogen) atoms. The van der Waals surface area contributed by atoms with Crippen LogP contribution in [-0.4, -0.2) is 11.1 Å². The SMILES string of the molecule is CCCCCCCCCCCCCCCCCCC(C)(C(N)=O)P(c1ccccc1)c1ccccc1. The van der Waals surface area contributed by atoms with Crippen molar-refractivity contribution < 1.29 is 4.79 Å². The van der Waals surface area contributed by atoms with Crippen LogP contribution in [-0.2, 0) is 4.79 Å². The minimum atomic E-state index is -0.854. The van der Waals surface area contributed by atoms with Gasteiger partial charge in [-0.1, -0.05) is 170 Å². The molecule has 0 aliphatic heterocycles. The molecule has 0 aliphatic carbocycles. The number of hydrogen-bond donors (Lipinski definition) is 1. The highest BCUT2D eigenvalue weighted by Gasteiger charge is 2.40. The highest BCUT2D eigenvalue weighted by atomic mass is 31.1. The molecule has 2 N–H and O–H groups in total. The van der Waals surface area contributed by atoms with Crippen molar-refractivity contribution in [2.24, 2.45) is 5.73 Å². The molecule has 1 unspecified atom stereocenters. The van der Waals surface area contributed by atoms with Gasteiger partial charge < -0.3 is 5.73 Å². The quantitative estimate of drug-likeness (QED) is 0.132. The summed E-state index contributed by atoms with van der Waals surface area (Å²) < 4.78 is 0. The lowest BCUT2D eigenvalue weighted by Crippen LogP contribution is -2.44. The van der Waals surface area contributed by atoms with Crippen LogP contribution in [0.2, 0.25) is 0 Å². The number of benzene rings is 2. The van der Waals surface area contributed by atoms with Gasteiger partial charge in [-0.2, -0.15) is 0 Å². The Morgan fingerprint density at radius 1 is 0.611 bits per heavy atom. The van der Waals surface area contributed by atoms with E-state index >= 15 is 0 Å². The third kappa shape index (κ3) is 11.2. The van der Waals surface area contributed by atoms with Crippen molar-refractivity contribution in [3.8, 4) is 0 Å². The van der Waals surface area contributed by atoms with Crippen molar-refractivity contribution in [2.45, 2.75) is 128 Å². The van der Waals surface area contributed by atoms with E-state index in [4.69, 9.17) is 5.73 Å². The molecule has 200 valence electrons. The van der Waals surface area contributed by atoms with Crippen LogP contribution >= 0.6 is 7.92 Å². The highest BCUT2D eigenvalue weighted by Crippen LogP contribution is 2.50. The van der Waals surface area contributed by atoms with Crippen LogP contribution < -0.4 is 16.3 Å². The second-order valence-corrected chi connectivity index (χ2v) is 13.4. The Kier molecular flexibility index (Phi) is 15.8. The van der Waals surface area contributed by atoms with Gasteiger partial charge in [0.1, 0.15) is 0 Å². The fourth-order valence-corrected chi connectivity index (χ4v) is 8.22. The molecular formula is C33H52NOP. The molecule has 1 atom stereocenters. The van der Waals surface area contributed by atoms with E-state index in [-0.39, 0.29) is 5.91 Å². The summed E-state index contributed by atoms with van der Waals surface area (Å²) in [5, 5.41) is 1.93. The number of carbonyl (C=O) groups is 1. The van der Waals surface area contributed by atoms with E-state index in [0.717, 1.165) is 12.8 Å². The summed E-state index contributed by atoms with van der Waals surface area (Å²) in [4.78, 5) is 12.8. The molecular weight excluding hydrogens is 457 g/mol. The second-order valence-electron chi connectivity index (χ2n) is 10.7. The van der Waals surface area contributed by atoms with Gasteiger partial charge in [0.2, 0.25) is 5.91 Å². The molecule has 0 aliphatic rings. The van der Waals surface area contributed by atoms with Crippen molar-refractivity contribution >= 4 is 24.4 Å². The summed E-state index contributed by atoms with van der Waals surface area (Å²) in [6.45, 7) is 4.39. The number of carbonyl (C=O) groups excluding carboxylic acids is 1. The number of rotatable bonds is 21. The monoisotopic (exact) mass is 509 g/mol. The molecule has 0 spiro atoms. The van der Waals surface area contributed by atoms with Crippen molar-refractivity contribution in [3.05, 3.63) is 60.7 Å². The number of hydrogen-bond acceptors (Lipinski definition) is 1. The van der Waals surface area contributed by atoms with Gasteiger partial charge in [-0.25, -0.2) is 0 Å². The first-order valence-corrected chi connectivity index (χ1v) is 16.1. The molecule has 2 rings (SSSR count). The number of amides is 1. The average Bonchev–Trinajstić information content (AvgIpc) is 2.89. The van der Waals surface area contributed by atoms with Crippen LogP contribution in [0.5, 0.6) is 0 Å². The molecule has 0 saturated carbocycles. The van der Waals surface area contributed by atoms with Crippen LogP contribution in [0.1, 0.15) is 123 Å². The van der Waals surface area contributed by atoms with E-state index in [1.54, 1.807) is 0 Å². The first-order chi connectivity index (χ1) is 17.6. The summed E-state index contributed by atoms with van der Waals surface area (Å²) >= 11 is 0. The normalized spacial score (nSPS) is 13.1. The van der Waals surface area contributed by atoms with E-state index in [1.165, 1.54) is 107 Å². The predicted molar refractivity (Wildman–Crippen MR) is 161 cm³/mol. The fourth-order valence-electron chi connectivity index (χ4n) is 5.24. The standard InChI is InChI=1S/C33H52NOP/c1-3-4-5-6-7-8-9-10-11-12-13-14-15-16-17-24-29-33(2,32(34)35)36(30-25-20-18-21-26-30)31-27-22-19-23-28-31/h18-23,25-28H,3-17,24,29H2,1-2H3,(H2,34,35). The zero-order chi connectivity index (χ0) is 25.9. The lowest BCUT2D eigenvalue weighted by Gasteiger charge is -2.36. The topological polar surface area (TPSA) is 43.1 Å². The maximum atomic E-state index is 12.8. The summed E-state index contributed by atoms with van der Waals surface area (Å²) in [7, 11) is -0.854. The van der Waals surface area contributed by atoms with Crippen molar-refractivity contribution in [2.75, 3.05) is 0 Å². The molecule has 0 aromatic heterocycles. The first-order valence-electron chi connectivity index (χ1n) is 14.8. The summed E-state index contributed by atoms with van der Waals surface area (Å²) in [6.07, 6.45) is 22.6. The van der Waals surface area contributed by atoms with Crippen molar-refractivity contribution in [1.82, 2.24) is 0 Å². The van der Waals surface area contributed by atoms with E-state index in [0.29, 0.717) is 0 Å². The molecule has 0 radical (unpaired) electrons. The molecule has 3 heteroatoms. The van der Waals surface area contributed by atoms with Gasteiger partial charge in [0.15, 0.2) is 0 Å². The number of primary amides is 1. The Bertz CT molecular complexity index is 769. The van der Waals surface area contributed by atoms with Gasteiger partial charge >= 0.3 is 0 Å². The lowest BCUT2D eigenvalue weighted by atomic mass is 9.99. The highest BCUT2D eigenvalue weighted by molar-refractivity contribution is 7.75. The van der Waals surface area contributed by atoms with E-state index < -0.39 is 13.1 Å². The Morgan fingerprint density at radius 3 is 1.28 bits per heavy atom. The fraction of sp³-hybridized carbons (Fsp3) is 0.606. The summed E-state index contributed by atoms with van der Waals surface area (Å²) in [5.74, 6) is -0.165. The summed E-state index contributed by atoms with van der Waals surface area (Å²) in [6, 6.07) is 21.0. The Labute approximate surface area is 223 Å². The zero-order valence-corrected chi connectivity index (χ0v) is 24.1.